The summed E-state index contributed by atoms with van der Waals surface area (Å²) < 4.78 is 0. The normalized spacial score (nSPS) is 22.1. The zero-order valence-corrected chi connectivity index (χ0v) is 31.6. The Labute approximate surface area is 315 Å². The average Bonchev–Trinajstić information content (AvgIpc) is 3.15. The van der Waals surface area contributed by atoms with Crippen LogP contribution < -0.4 is 31.9 Å². The van der Waals surface area contributed by atoms with E-state index in [-0.39, 0.29) is 23.3 Å². The van der Waals surface area contributed by atoms with Crippen molar-refractivity contribution >= 4 is 58.3 Å². The van der Waals surface area contributed by atoms with Crippen molar-refractivity contribution in [1.82, 2.24) is 30.5 Å². The van der Waals surface area contributed by atoms with Crippen molar-refractivity contribution in [2.24, 2.45) is 11.8 Å². The van der Waals surface area contributed by atoms with Crippen LogP contribution in [0, 0.1) is 11.8 Å². The molecule has 7 rings (SSSR count). The lowest BCUT2D eigenvalue weighted by molar-refractivity contribution is -0.134. The zero-order valence-electron chi connectivity index (χ0n) is 30.0. The Kier molecular flexibility index (Phi) is 11.4. The molecular weight excluding hydrogens is 696 g/mol. The molecule has 4 aliphatic heterocycles. The third-order valence-electron chi connectivity index (χ3n) is 11.5. The number of amides is 2. The quantitative estimate of drug-likeness (QED) is 0.164. The predicted molar refractivity (Wildman–Crippen MR) is 208 cm³/mol. The van der Waals surface area contributed by atoms with E-state index in [0.29, 0.717) is 46.2 Å². The molecule has 0 radical (unpaired) electrons. The molecule has 1 unspecified atom stereocenters. The van der Waals surface area contributed by atoms with Gasteiger partial charge in [-0.15, -0.1) is 0 Å². The number of halogens is 1. The Morgan fingerprint density at radius 2 is 1.67 bits per heavy atom. The largest absolute Gasteiger partial charge is 0.397 e. The second-order valence-electron chi connectivity index (χ2n) is 15.2. The van der Waals surface area contributed by atoms with Crippen LogP contribution in [0.4, 0.5) is 23.1 Å². The first kappa shape index (κ1) is 36.7. The van der Waals surface area contributed by atoms with Crippen LogP contribution in [-0.2, 0) is 9.59 Å². The van der Waals surface area contributed by atoms with E-state index in [2.05, 4.69) is 42.2 Å². The van der Waals surface area contributed by atoms with E-state index in [9.17, 15) is 9.59 Å². The van der Waals surface area contributed by atoms with Gasteiger partial charge in [0.25, 0.3) is 0 Å². The van der Waals surface area contributed by atoms with Gasteiger partial charge in [-0.3, -0.25) is 14.9 Å². The molecule has 0 saturated carbocycles. The fourth-order valence-electron chi connectivity index (χ4n) is 8.04. The van der Waals surface area contributed by atoms with E-state index in [0.717, 1.165) is 80.5 Å². The Hall–Kier alpha value is -3.65. The number of anilines is 4. The van der Waals surface area contributed by atoms with Gasteiger partial charge in [0.05, 0.1) is 22.8 Å². The predicted octanol–water partition coefficient (Wildman–Crippen LogP) is 4.94. The Bertz CT molecular complexity index is 1740. The fraction of sp³-hybridized carbons (Fsp3) is 0.553. The number of aromatic nitrogens is 3. The van der Waals surface area contributed by atoms with Crippen molar-refractivity contribution in [3.05, 3.63) is 53.3 Å². The minimum atomic E-state index is -0.274. The highest BCUT2D eigenvalue weighted by Crippen LogP contribution is 2.38. The number of benzene rings is 1. The number of nitrogens with zero attached hydrogens (tertiary/aromatic N) is 6. The van der Waals surface area contributed by atoms with Gasteiger partial charge >= 0.3 is 0 Å². The molecule has 14 heteroatoms. The first-order valence-corrected chi connectivity index (χ1v) is 19.9. The number of likely N-dealkylation sites (tertiary alicyclic amines) is 1. The van der Waals surface area contributed by atoms with Gasteiger partial charge < -0.3 is 31.5 Å². The number of carbonyl (C=O) groups excluding carboxylic acids is 2. The van der Waals surface area contributed by atoms with E-state index in [1.54, 1.807) is 12.3 Å². The van der Waals surface area contributed by atoms with Crippen molar-refractivity contribution in [3.63, 3.8) is 0 Å². The van der Waals surface area contributed by atoms with Gasteiger partial charge in [-0.1, -0.05) is 29.4 Å². The SMILES string of the molecule is CC1(NCC2CCN(CC3CCN(c4cc(C5CCC(=O)NC5=O)ccn4)CC3)CC2)CCN(c2cnc(Sc3cccc(N)c3Cl)c(N)n2)CC1. The molecule has 3 aromatic rings. The molecule has 2 amide bonds. The van der Waals surface area contributed by atoms with Crippen LogP contribution in [-0.4, -0.2) is 89.6 Å². The number of hydrogen-bond donors (Lipinski definition) is 4. The van der Waals surface area contributed by atoms with Crippen LogP contribution >= 0.6 is 23.4 Å². The van der Waals surface area contributed by atoms with E-state index in [1.807, 2.05) is 30.5 Å². The maximum Gasteiger partial charge on any atom is 0.234 e. The molecule has 1 atom stereocenters. The van der Waals surface area contributed by atoms with Crippen LogP contribution in [0.15, 0.2) is 52.6 Å². The number of imide groups is 1. The average molecular weight is 747 g/mol. The number of piperidine rings is 4. The lowest BCUT2D eigenvalue weighted by Crippen LogP contribution is -2.53. The summed E-state index contributed by atoms with van der Waals surface area (Å²) in [6, 6.07) is 9.50. The van der Waals surface area contributed by atoms with Gasteiger partial charge in [0.1, 0.15) is 16.7 Å². The summed E-state index contributed by atoms with van der Waals surface area (Å²) in [7, 11) is 0. The van der Waals surface area contributed by atoms with E-state index in [1.165, 1.54) is 44.2 Å². The molecule has 4 saturated heterocycles. The highest BCUT2D eigenvalue weighted by molar-refractivity contribution is 7.99. The highest BCUT2D eigenvalue weighted by atomic mass is 35.5. The number of nitrogens with one attached hydrogen (secondary N) is 2. The summed E-state index contributed by atoms with van der Waals surface area (Å²) in [6.07, 6.45) is 11.4. The van der Waals surface area contributed by atoms with E-state index < -0.39 is 0 Å². The minimum Gasteiger partial charge on any atom is -0.397 e. The molecular formula is C38H51ClN10O2S. The molecule has 2 aromatic heterocycles. The lowest BCUT2D eigenvalue weighted by atomic mass is 9.87. The molecule has 12 nitrogen and oxygen atoms in total. The first-order valence-electron chi connectivity index (χ1n) is 18.7. The number of nitrogen functional groups attached to an aromatic ring is 2. The van der Waals surface area contributed by atoms with Gasteiger partial charge in [-0.25, -0.2) is 15.0 Å². The summed E-state index contributed by atoms with van der Waals surface area (Å²) in [5.74, 6) is 2.91. The van der Waals surface area contributed by atoms with Gasteiger partial charge in [0.15, 0.2) is 5.82 Å². The van der Waals surface area contributed by atoms with Crippen molar-refractivity contribution < 1.29 is 9.59 Å². The third kappa shape index (κ3) is 8.75. The molecule has 0 spiro atoms. The summed E-state index contributed by atoms with van der Waals surface area (Å²) in [4.78, 5) is 46.1. The van der Waals surface area contributed by atoms with Crippen LogP contribution in [0.2, 0.25) is 5.02 Å². The second kappa shape index (κ2) is 16.2. The van der Waals surface area contributed by atoms with E-state index >= 15 is 0 Å². The zero-order chi connectivity index (χ0) is 36.2. The summed E-state index contributed by atoms with van der Waals surface area (Å²) >= 11 is 7.75. The molecule has 0 bridgehead atoms. The third-order valence-corrected chi connectivity index (χ3v) is 13.1. The highest BCUT2D eigenvalue weighted by Gasteiger charge is 2.33. The topological polar surface area (TPSA) is 159 Å². The Morgan fingerprint density at radius 3 is 2.40 bits per heavy atom. The lowest BCUT2D eigenvalue weighted by Gasteiger charge is -2.42. The van der Waals surface area contributed by atoms with Gasteiger partial charge in [-0.2, -0.15) is 0 Å². The van der Waals surface area contributed by atoms with Gasteiger partial charge in [0, 0.05) is 55.8 Å². The standard InChI is InChI=1S/C38H51ClN10O2S/c1-38(12-19-49(20-13-38)32-23-43-37(35(41)45-32)52-30-4-2-3-29(40)34(30)39)44-22-25-8-15-47(16-9-25)24-26-10-17-48(18-11-26)31-21-27(7-14-42-31)28-5-6-33(50)46-36(28)51/h2-4,7,14,21,23,25-26,28,44H,5-6,8-13,15-20,22,24,40H2,1H3,(H2,41,45)(H,46,50,51). The number of rotatable bonds is 10. The van der Waals surface area contributed by atoms with Crippen molar-refractivity contribution in [3.8, 4) is 0 Å². The molecule has 6 heterocycles. The second-order valence-corrected chi connectivity index (χ2v) is 16.6. The number of nitrogens with two attached hydrogens (primary N) is 2. The summed E-state index contributed by atoms with van der Waals surface area (Å²) in [6.45, 7) is 10.7. The van der Waals surface area contributed by atoms with Crippen LogP contribution in [0.1, 0.15) is 69.8 Å². The number of carbonyl (C=O) groups is 2. The van der Waals surface area contributed by atoms with Crippen molar-refractivity contribution in [2.75, 3.05) is 73.6 Å². The maximum absolute atomic E-state index is 12.4. The van der Waals surface area contributed by atoms with Crippen LogP contribution in [0.25, 0.3) is 0 Å². The number of hydrogen-bond acceptors (Lipinski definition) is 12. The van der Waals surface area contributed by atoms with Gasteiger partial charge in [0.2, 0.25) is 11.8 Å². The molecule has 6 N–H and O–H groups in total. The maximum atomic E-state index is 12.4. The molecule has 52 heavy (non-hydrogen) atoms. The molecule has 4 aliphatic rings. The van der Waals surface area contributed by atoms with E-state index in [4.69, 9.17) is 28.1 Å². The summed E-state index contributed by atoms with van der Waals surface area (Å²) in [5, 5.41) is 7.57. The Balaban J connectivity index is 0.807. The molecule has 4 fully saturated rings. The minimum absolute atomic E-state index is 0.108. The fourth-order valence-corrected chi connectivity index (χ4v) is 9.10. The molecule has 0 aliphatic carbocycles. The summed E-state index contributed by atoms with van der Waals surface area (Å²) in [5.41, 5.74) is 13.9. The van der Waals surface area contributed by atoms with Crippen LogP contribution in [0.5, 0.6) is 0 Å². The first-order chi connectivity index (χ1) is 25.1. The van der Waals surface area contributed by atoms with Crippen molar-refractivity contribution in [2.45, 2.75) is 79.7 Å². The van der Waals surface area contributed by atoms with Crippen LogP contribution in [0.3, 0.4) is 0 Å². The molecule has 278 valence electrons. The number of pyridine rings is 1. The molecule has 1 aromatic carbocycles. The monoisotopic (exact) mass is 746 g/mol. The van der Waals surface area contributed by atoms with Gasteiger partial charge in [-0.05, 0) is 113 Å². The smallest absolute Gasteiger partial charge is 0.234 e. The van der Waals surface area contributed by atoms with Crippen molar-refractivity contribution in [1.29, 1.82) is 0 Å². The Morgan fingerprint density at radius 1 is 0.942 bits per heavy atom.